The summed E-state index contributed by atoms with van der Waals surface area (Å²) >= 11 is 0. The molecule has 0 aliphatic heterocycles. The van der Waals surface area contributed by atoms with Gasteiger partial charge in [0.05, 0.1) is 23.3 Å². The zero-order valence-electron chi connectivity index (χ0n) is 22.3. The molecule has 0 heterocycles. The van der Waals surface area contributed by atoms with Gasteiger partial charge in [-0.1, -0.05) is 75.7 Å². The fourth-order valence-corrected chi connectivity index (χ4v) is 5.96. The fraction of sp³-hybridized carbons (Fsp3) is 0.923. The Kier molecular flexibility index (Phi) is 8.68. The highest BCUT2D eigenvalue weighted by atomic mass is 16.3. The molecule has 6 nitrogen and oxygen atoms in total. The number of hydrogen-bond acceptors (Lipinski definition) is 4. The van der Waals surface area contributed by atoms with Crippen molar-refractivity contribution >= 4 is 11.8 Å². The van der Waals surface area contributed by atoms with E-state index >= 15 is 0 Å². The zero-order chi connectivity index (χ0) is 25.3. The van der Waals surface area contributed by atoms with Crippen LogP contribution >= 0.6 is 0 Å². The molecule has 0 aromatic heterocycles. The van der Waals surface area contributed by atoms with Crippen LogP contribution < -0.4 is 5.73 Å². The van der Waals surface area contributed by atoms with Gasteiger partial charge in [0, 0.05) is 0 Å². The molecule has 1 aliphatic carbocycles. The minimum atomic E-state index is -1.27. The van der Waals surface area contributed by atoms with E-state index in [0.717, 1.165) is 6.42 Å². The molecule has 1 rings (SSSR count). The van der Waals surface area contributed by atoms with Gasteiger partial charge in [-0.05, 0) is 49.4 Å². The smallest absolute Gasteiger partial charge is 0.238 e. The van der Waals surface area contributed by atoms with E-state index in [1.165, 1.54) is 0 Å². The van der Waals surface area contributed by atoms with Crippen LogP contribution in [0.25, 0.3) is 0 Å². The van der Waals surface area contributed by atoms with Crippen LogP contribution in [0.2, 0.25) is 0 Å². The van der Waals surface area contributed by atoms with E-state index < -0.39 is 45.4 Å². The Hall–Kier alpha value is -1.14. The summed E-state index contributed by atoms with van der Waals surface area (Å²) in [5.74, 6) is -0.941. The molecule has 188 valence electrons. The summed E-state index contributed by atoms with van der Waals surface area (Å²) in [5, 5.41) is 23.7. The average molecular weight is 455 g/mol. The summed E-state index contributed by atoms with van der Waals surface area (Å²) in [7, 11) is 0. The first kappa shape index (κ1) is 28.9. The molecule has 0 spiro atoms. The van der Waals surface area contributed by atoms with Gasteiger partial charge in [-0.3, -0.25) is 9.59 Å². The minimum Gasteiger partial charge on any atom is -0.388 e. The van der Waals surface area contributed by atoms with E-state index in [1.54, 1.807) is 4.90 Å². The van der Waals surface area contributed by atoms with Crippen molar-refractivity contribution in [3.63, 3.8) is 0 Å². The minimum absolute atomic E-state index is 0.336. The number of primary amides is 1. The topological polar surface area (TPSA) is 104 Å². The second kappa shape index (κ2) is 9.61. The largest absolute Gasteiger partial charge is 0.388 e. The number of aliphatic hydroxyl groups is 2. The summed E-state index contributed by atoms with van der Waals surface area (Å²) in [4.78, 5) is 28.8. The molecule has 1 aliphatic rings. The second-order valence-corrected chi connectivity index (χ2v) is 12.2. The summed E-state index contributed by atoms with van der Waals surface area (Å²) in [6.45, 7) is 19.8. The van der Waals surface area contributed by atoms with Gasteiger partial charge in [0.25, 0.3) is 0 Å². The number of carbonyl (C=O) groups excluding carboxylic acids is 2. The summed E-state index contributed by atoms with van der Waals surface area (Å²) < 4.78 is 0. The highest BCUT2D eigenvalue weighted by Crippen LogP contribution is 2.50. The normalized spacial score (nSPS) is 19.1. The van der Waals surface area contributed by atoms with Gasteiger partial charge >= 0.3 is 0 Å². The first-order valence-electron chi connectivity index (χ1n) is 12.5. The maximum Gasteiger partial charge on any atom is 0.238 e. The lowest BCUT2D eigenvalue weighted by Crippen LogP contribution is -2.73. The van der Waals surface area contributed by atoms with Crippen LogP contribution in [-0.4, -0.2) is 50.2 Å². The van der Waals surface area contributed by atoms with Gasteiger partial charge in [-0.2, -0.15) is 0 Å². The molecule has 4 N–H and O–H groups in total. The predicted molar refractivity (Wildman–Crippen MR) is 130 cm³/mol. The van der Waals surface area contributed by atoms with Crippen LogP contribution in [0.5, 0.6) is 0 Å². The van der Waals surface area contributed by atoms with Crippen LogP contribution in [0.1, 0.15) is 114 Å². The standard InChI is InChI=1S/C26H50N2O4/c1-11-25(31,12-2)18(22(5,6)7)28(21(30)24(20(27)29)16-15-17-24)19(23(8,9)10)26(32,13-3)14-4/h18-19,31-32H,11-17H2,1-10H3,(H2,27,29)/t18-,19-/m1/s1. The molecule has 2 atom stereocenters. The Balaban J connectivity index is 4.02. The van der Waals surface area contributed by atoms with Gasteiger partial charge in [0.2, 0.25) is 11.8 Å². The molecule has 1 saturated carbocycles. The highest BCUT2D eigenvalue weighted by Gasteiger charge is 2.61. The van der Waals surface area contributed by atoms with E-state index in [1.807, 2.05) is 69.2 Å². The van der Waals surface area contributed by atoms with Crippen LogP contribution in [0.15, 0.2) is 0 Å². The number of nitrogens with zero attached hydrogens (tertiary/aromatic N) is 1. The van der Waals surface area contributed by atoms with Crippen molar-refractivity contribution in [3.05, 3.63) is 0 Å². The van der Waals surface area contributed by atoms with Crippen molar-refractivity contribution in [2.45, 2.75) is 137 Å². The number of hydrogen-bond donors (Lipinski definition) is 3. The Morgan fingerprint density at radius 2 is 1.12 bits per heavy atom. The molecule has 0 aromatic rings. The quantitative estimate of drug-likeness (QED) is 0.426. The van der Waals surface area contributed by atoms with Gasteiger partial charge < -0.3 is 20.8 Å². The first-order chi connectivity index (χ1) is 14.4. The number of amides is 2. The van der Waals surface area contributed by atoms with Crippen molar-refractivity contribution < 1.29 is 19.8 Å². The summed E-state index contributed by atoms with van der Waals surface area (Å²) in [5.41, 5.74) is 1.19. The maximum absolute atomic E-state index is 14.4. The van der Waals surface area contributed by atoms with E-state index in [9.17, 15) is 19.8 Å². The van der Waals surface area contributed by atoms with Crippen molar-refractivity contribution in [1.82, 2.24) is 4.90 Å². The predicted octanol–water partition coefficient (Wildman–Crippen LogP) is 4.40. The molecule has 2 amide bonds. The number of rotatable bonds is 10. The number of carbonyl (C=O) groups is 2. The summed E-state index contributed by atoms with van der Waals surface area (Å²) in [6, 6.07) is -1.22. The Morgan fingerprint density at radius 3 is 1.28 bits per heavy atom. The lowest BCUT2D eigenvalue weighted by molar-refractivity contribution is -0.196. The SMILES string of the molecule is CCC(O)(CC)[C@H](N(C(=O)C1(C(N)=O)CCC1)[C@H](C(C)(C)C)C(O)(CC)CC)C(C)(C)C. The maximum atomic E-state index is 14.4. The third-order valence-electron chi connectivity index (χ3n) is 7.99. The van der Waals surface area contributed by atoms with E-state index in [0.29, 0.717) is 38.5 Å². The monoisotopic (exact) mass is 454 g/mol. The first-order valence-corrected chi connectivity index (χ1v) is 12.5. The molecule has 0 unspecified atom stereocenters. The van der Waals surface area contributed by atoms with Crippen molar-refractivity contribution in [2.24, 2.45) is 22.0 Å². The zero-order valence-corrected chi connectivity index (χ0v) is 22.3. The highest BCUT2D eigenvalue weighted by molar-refractivity contribution is 6.05. The Labute approximate surface area is 196 Å². The molecular formula is C26H50N2O4. The van der Waals surface area contributed by atoms with Gasteiger partial charge in [-0.15, -0.1) is 0 Å². The fourth-order valence-electron chi connectivity index (χ4n) is 5.96. The van der Waals surface area contributed by atoms with Gasteiger partial charge in [0.1, 0.15) is 5.41 Å². The van der Waals surface area contributed by atoms with E-state index in [2.05, 4.69) is 0 Å². The molecule has 6 heteroatoms. The Morgan fingerprint density at radius 1 is 0.812 bits per heavy atom. The molecular weight excluding hydrogens is 404 g/mol. The third kappa shape index (κ3) is 5.01. The van der Waals surface area contributed by atoms with Crippen molar-refractivity contribution in [1.29, 1.82) is 0 Å². The lowest BCUT2D eigenvalue weighted by Gasteiger charge is -2.59. The van der Waals surface area contributed by atoms with Crippen LogP contribution in [0.4, 0.5) is 0 Å². The van der Waals surface area contributed by atoms with Crippen LogP contribution in [0, 0.1) is 16.2 Å². The van der Waals surface area contributed by atoms with Crippen molar-refractivity contribution in [3.8, 4) is 0 Å². The average Bonchev–Trinajstić information content (AvgIpc) is 2.63. The lowest BCUT2D eigenvalue weighted by atomic mass is 9.62. The van der Waals surface area contributed by atoms with Crippen molar-refractivity contribution in [2.75, 3.05) is 0 Å². The van der Waals surface area contributed by atoms with E-state index in [-0.39, 0.29) is 5.91 Å². The molecule has 0 radical (unpaired) electrons. The molecule has 0 bridgehead atoms. The van der Waals surface area contributed by atoms with Gasteiger partial charge in [0.15, 0.2) is 0 Å². The van der Waals surface area contributed by atoms with E-state index in [4.69, 9.17) is 5.73 Å². The van der Waals surface area contributed by atoms with Crippen LogP contribution in [-0.2, 0) is 9.59 Å². The Bertz CT molecular complexity index is 626. The second-order valence-electron chi connectivity index (χ2n) is 12.2. The molecule has 0 aromatic carbocycles. The molecule has 0 saturated heterocycles. The third-order valence-corrected chi connectivity index (χ3v) is 7.99. The summed E-state index contributed by atoms with van der Waals surface area (Å²) in [6.07, 6.45) is 3.40. The van der Waals surface area contributed by atoms with Crippen LogP contribution in [0.3, 0.4) is 0 Å². The number of nitrogens with two attached hydrogens (primary N) is 1. The molecule has 32 heavy (non-hydrogen) atoms. The molecule has 1 fully saturated rings. The van der Waals surface area contributed by atoms with Gasteiger partial charge in [-0.25, -0.2) is 0 Å².